The van der Waals surface area contributed by atoms with Crippen LogP contribution in [0.3, 0.4) is 0 Å². The standard InChI is InChI=1S/C26H30O3S/c1-3-11-23-24(19-28-17-21-14-9-6-10-15-21)29-26(30)25(23)22(4-2)18-27-16-20-12-7-5-8-13-20/h3-10,12-15,22-25H,1-2,11,16-19H2. The van der Waals surface area contributed by atoms with Gasteiger partial charge in [-0.2, -0.15) is 0 Å². The van der Waals surface area contributed by atoms with Gasteiger partial charge in [-0.25, -0.2) is 0 Å². The lowest BCUT2D eigenvalue weighted by Crippen LogP contribution is -2.30. The molecule has 0 aromatic heterocycles. The van der Waals surface area contributed by atoms with Crippen molar-refractivity contribution in [2.45, 2.75) is 25.7 Å². The average molecular weight is 423 g/mol. The summed E-state index contributed by atoms with van der Waals surface area (Å²) in [6, 6.07) is 20.3. The number of thiocarbonyl (C=S) groups is 1. The summed E-state index contributed by atoms with van der Waals surface area (Å²) in [5.74, 6) is 0.357. The predicted molar refractivity (Wildman–Crippen MR) is 125 cm³/mol. The first-order valence-electron chi connectivity index (χ1n) is 10.4. The zero-order valence-corrected chi connectivity index (χ0v) is 18.1. The minimum Gasteiger partial charge on any atom is -0.481 e. The van der Waals surface area contributed by atoms with Gasteiger partial charge in [0, 0.05) is 17.8 Å². The fourth-order valence-electron chi connectivity index (χ4n) is 3.93. The zero-order valence-electron chi connectivity index (χ0n) is 17.3. The largest absolute Gasteiger partial charge is 0.481 e. The van der Waals surface area contributed by atoms with Crippen molar-refractivity contribution in [3.63, 3.8) is 0 Å². The molecule has 0 saturated carbocycles. The first-order valence-corrected chi connectivity index (χ1v) is 10.8. The zero-order chi connectivity index (χ0) is 21.2. The molecule has 1 heterocycles. The summed E-state index contributed by atoms with van der Waals surface area (Å²) in [4.78, 5) is 0. The monoisotopic (exact) mass is 422 g/mol. The fraction of sp³-hybridized carbons (Fsp3) is 0.346. The maximum absolute atomic E-state index is 6.08. The molecule has 1 saturated heterocycles. The van der Waals surface area contributed by atoms with Gasteiger partial charge in [0.15, 0.2) is 5.05 Å². The fourth-order valence-corrected chi connectivity index (χ4v) is 4.41. The molecule has 0 amide bonds. The van der Waals surface area contributed by atoms with Crippen LogP contribution in [0.5, 0.6) is 0 Å². The molecule has 4 unspecified atom stereocenters. The Labute approximate surface area is 185 Å². The highest BCUT2D eigenvalue weighted by molar-refractivity contribution is 7.80. The predicted octanol–water partition coefficient (Wildman–Crippen LogP) is 5.76. The molecule has 30 heavy (non-hydrogen) atoms. The Bertz CT molecular complexity index is 806. The van der Waals surface area contributed by atoms with Gasteiger partial charge in [-0.1, -0.05) is 72.8 Å². The Hall–Kier alpha value is -2.27. The summed E-state index contributed by atoms with van der Waals surface area (Å²) in [6.45, 7) is 10.2. The van der Waals surface area contributed by atoms with Gasteiger partial charge < -0.3 is 14.2 Å². The van der Waals surface area contributed by atoms with Crippen LogP contribution in [0.1, 0.15) is 17.5 Å². The molecule has 1 aliphatic heterocycles. The van der Waals surface area contributed by atoms with Crippen LogP contribution >= 0.6 is 12.2 Å². The van der Waals surface area contributed by atoms with E-state index in [9.17, 15) is 0 Å². The van der Waals surface area contributed by atoms with E-state index in [0.717, 1.165) is 17.5 Å². The number of hydrogen-bond acceptors (Lipinski definition) is 4. The lowest BCUT2D eigenvalue weighted by Gasteiger charge is -2.25. The van der Waals surface area contributed by atoms with Crippen molar-refractivity contribution in [3.8, 4) is 0 Å². The van der Waals surface area contributed by atoms with E-state index in [2.05, 4.69) is 37.4 Å². The van der Waals surface area contributed by atoms with Gasteiger partial charge in [0.05, 0.1) is 26.4 Å². The van der Waals surface area contributed by atoms with Gasteiger partial charge in [0.1, 0.15) is 6.10 Å². The molecular formula is C26H30O3S. The summed E-state index contributed by atoms with van der Waals surface area (Å²) < 4.78 is 18.0. The first kappa shape index (κ1) is 22.4. The van der Waals surface area contributed by atoms with Crippen molar-refractivity contribution in [1.82, 2.24) is 0 Å². The molecular weight excluding hydrogens is 392 g/mol. The van der Waals surface area contributed by atoms with Crippen LogP contribution in [0.4, 0.5) is 0 Å². The second kappa shape index (κ2) is 11.8. The van der Waals surface area contributed by atoms with Gasteiger partial charge in [-0.05, 0) is 29.8 Å². The van der Waals surface area contributed by atoms with Crippen LogP contribution in [0.15, 0.2) is 86.0 Å². The SMILES string of the molecule is C=CCC1C(COCc2ccccc2)OC(=S)C1C(C=C)COCc1ccccc1. The Morgan fingerprint density at radius 3 is 2.10 bits per heavy atom. The summed E-state index contributed by atoms with van der Waals surface area (Å²) in [5, 5.41) is 0.628. The summed E-state index contributed by atoms with van der Waals surface area (Å²) in [5.41, 5.74) is 2.30. The molecule has 3 nitrogen and oxygen atoms in total. The summed E-state index contributed by atoms with van der Waals surface area (Å²) in [7, 11) is 0. The van der Waals surface area contributed by atoms with E-state index in [1.54, 1.807) is 0 Å². The second-order valence-electron chi connectivity index (χ2n) is 7.59. The van der Waals surface area contributed by atoms with Gasteiger partial charge >= 0.3 is 0 Å². The molecule has 4 heteroatoms. The van der Waals surface area contributed by atoms with E-state index in [0.29, 0.717) is 31.5 Å². The highest BCUT2D eigenvalue weighted by atomic mass is 32.1. The molecule has 3 rings (SSSR count). The molecule has 0 bridgehead atoms. The van der Waals surface area contributed by atoms with Gasteiger partial charge in [-0.3, -0.25) is 0 Å². The van der Waals surface area contributed by atoms with Crippen molar-refractivity contribution in [2.24, 2.45) is 17.8 Å². The second-order valence-corrected chi connectivity index (χ2v) is 7.99. The molecule has 2 aromatic carbocycles. The third-order valence-corrected chi connectivity index (χ3v) is 5.87. The van der Waals surface area contributed by atoms with Crippen LogP contribution in [0, 0.1) is 17.8 Å². The Balaban J connectivity index is 1.57. The molecule has 1 fully saturated rings. The molecule has 0 N–H and O–H groups in total. The number of ether oxygens (including phenoxy) is 3. The van der Waals surface area contributed by atoms with Crippen molar-refractivity contribution in [2.75, 3.05) is 13.2 Å². The average Bonchev–Trinajstić information content (AvgIpc) is 3.08. The highest BCUT2D eigenvalue weighted by Gasteiger charge is 2.44. The van der Waals surface area contributed by atoms with Crippen molar-refractivity contribution >= 4 is 17.3 Å². The third-order valence-electron chi connectivity index (χ3n) is 5.50. The van der Waals surface area contributed by atoms with Crippen molar-refractivity contribution in [3.05, 3.63) is 97.1 Å². The molecule has 1 aliphatic rings. The maximum atomic E-state index is 6.08. The first-order chi connectivity index (χ1) is 14.7. The van der Waals surface area contributed by atoms with E-state index in [1.165, 1.54) is 0 Å². The molecule has 158 valence electrons. The van der Waals surface area contributed by atoms with E-state index >= 15 is 0 Å². The summed E-state index contributed by atoms with van der Waals surface area (Å²) >= 11 is 5.62. The minimum atomic E-state index is -0.0826. The molecule has 0 aliphatic carbocycles. The van der Waals surface area contributed by atoms with Crippen LogP contribution in [-0.2, 0) is 27.4 Å². The Morgan fingerprint density at radius 2 is 1.53 bits per heavy atom. The van der Waals surface area contributed by atoms with Crippen molar-refractivity contribution < 1.29 is 14.2 Å². The van der Waals surface area contributed by atoms with Gasteiger partial charge in [0.25, 0.3) is 0 Å². The summed E-state index contributed by atoms with van der Waals surface area (Å²) in [6.07, 6.45) is 4.60. The van der Waals surface area contributed by atoms with E-state index < -0.39 is 0 Å². The third kappa shape index (κ3) is 6.11. The Kier molecular flexibility index (Phi) is 8.81. The van der Waals surface area contributed by atoms with Crippen LogP contribution in [0.2, 0.25) is 0 Å². The normalized spacial score (nSPS) is 21.7. The van der Waals surface area contributed by atoms with E-state index in [-0.39, 0.29) is 23.9 Å². The molecule has 4 atom stereocenters. The lowest BCUT2D eigenvalue weighted by molar-refractivity contribution is 0.0210. The van der Waals surface area contributed by atoms with Crippen molar-refractivity contribution in [1.29, 1.82) is 0 Å². The van der Waals surface area contributed by atoms with Crippen LogP contribution < -0.4 is 0 Å². The maximum Gasteiger partial charge on any atom is 0.164 e. The minimum absolute atomic E-state index is 0.0663. The smallest absolute Gasteiger partial charge is 0.164 e. The van der Waals surface area contributed by atoms with Crippen LogP contribution in [0.25, 0.3) is 0 Å². The Morgan fingerprint density at radius 1 is 0.933 bits per heavy atom. The highest BCUT2D eigenvalue weighted by Crippen LogP contribution is 2.38. The van der Waals surface area contributed by atoms with E-state index in [4.69, 9.17) is 26.4 Å². The molecule has 0 spiro atoms. The number of allylic oxidation sites excluding steroid dienone is 1. The van der Waals surface area contributed by atoms with Gasteiger partial charge in [-0.15, -0.1) is 13.2 Å². The number of rotatable bonds is 12. The van der Waals surface area contributed by atoms with Crippen LogP contribution in [-0.4, -0.2) is 24.4 Å². The molecule has 2 aromatic rings. The quantitative estimate of drug-likeness (QED) is 0.321. The number of benzene rings is 2. The topological polar surface area (TPSA) is 27.7 Å². The lowest BCUT2D eigenvalue weighted by atomic mass is 9.79. The van der Waals surface area contributed by atoms with Gasteiger partial charge in [0.2, 0.25) is 0 Å². The number of hydrogen-bond donors (Lipinski definition) is 0. The van der Waals surface area contributed by atoms with E-state index in [1.807, 2.05) is 48.6 Å². The molecule has 0 radical (unpaired) electrons.